The molecule has 0 spiro atoms. The zero-order valence-electron chi connectivity index (χ0n) is 13.5. The Labute approximate surface area is 143 Å². The highest BCUT2D eigenvalue weighted by atomic mass is 32.2. The molecule has 1 heterocycles. The lowest BCUT2D eigenvalue weighted by Crippen LogP contribution is -2.30. The van der Waals surface area contributed by atoms with Crippen LogP contribution in [0.2, 0.25) is 0 Å². The smallest absolute Gasteiger partial charge is 0.223 e. The van der Waals surface area contributed by atoms with Crippen LogP contribution in [-0.2, 0) is 14.6 Å². The lowest BCUT2D eigenvalue weighted by molar-refractivity contribution is -0.129. The van der Waals surface area contributed by atoms with Crippen molar-refractivity contribution in [3.63, 3.8) is 0 Å². The number of rotatable bonds is 5. The number of sulfone groups is 1. The number of carbonyl (C=O) groups is 1. The van der Waals surface area contributed by atoms with E-state index in [4.69, 9.17) is 0 Å². The maximum atomic E-state index is 12.4. The number of benzene rings is 2. The van der Waals surface area contributed by atoms with E-state index in [1.807, 2.05) is 18.2 Å². The fourth-order valence-corrected chi connectivity index (χ4v) is 4.36. The topological polar surface area (TPSA) is 54.5 Å². The van der Waals surface area contributed by atoms with Crippen molar-refractivity contribution >= 4 is 15.7 Å². The molecule has 2 aromatic rings. The van der Waals surface area contributed by atoms with E-state index < -0.39 is 9.84 Å². The van der Waals surface area contributed by atoms with Crippen molar-refractivity contribution in [2.45, 2.75) is 23.7 Å². The number of hydrogen-bond acceptors (Lipinski definition) is 3. The average molecular weight is 343 g/mol. The molecule has 1 saturated heterocycles. The van der Waals surface area contributed by atoms with Crippen molar-refractivity contribution in [1.29, 1.82) is 0 Å². The van der Waals surface area contributed by atoms with Crippen LogP contribution >= 0.6 is 0 Å². The quantitative estimate of drug-likeness (QED) is 0.839. The minimum atomic E-state index is -3.40. The van der Waals surface area contributed by atoms with Gasteiger partial charge in [-0.3, -0.25) is 4.79 Å². The first-order valence-electron chi connectivity index (χ1n) is 8.17. The molecule has 4 nitrogen and oxygen atoms in total. The van der Waals surface area contributed by atoms with Crippen LogP contribution in [-0.4, -0.2) is 38.1 Å². The first-order valence-corrected chi connectivity index (χ1v) is 9.82. The zero-order chi connectivity index (χ0) is 17.0. The van der Waals surface area contributed by atoms with Gasteiger partial charge in [-0.2, -0.15) is 0 Å². The summed E-state index contributed by atoms with van der Waals surface area (Å²) in [6.07, 6.45) is 0.972. The van der Waals surface area contributed by atoms with E-state index in [2.05, 4.69) is 12.1 Å². The molecular weight excluding hydrogens is 322 g/mol. The van der Waals surface area contributed by atoms with Gasteiger partial charge in [0.05, 0.1) is 10.6 Å². The highest BCUT2D eigenvalue weighted by Gasteiger charge is 2.28. The summed E-state index contributed by atoms with van der Waals surface area (Å²) in [5.41, 5.74) is 1.24. The first kappa shape index (κ1) is 16.7. The van der Waals surface area contributed by atoms with Crippen LogP contribution in [0, 0.1) is 0 Å². The van der Waals surface area contributed by atoms with E-state index in [0.29, 0.717) is 19.0 Å². The Balaban J connectivity index is 1.57. The maximum Gasteiger partial charge on any atom is 0.223 e. The maximum absolute atomic E-state index is 12.4. The van der Waals surface area contributed by atoms with Gasteiger partial charge >= 0.3 is 0 Å². The molecule has 1 aliphatic heterocycles. The summed E-state index contributed by atoms with van der Waals surface area (Å²) >= 11 is 0. The average Bonchev–Trinajstić information content (AvgIpc) is 3.11. The lowest BCUT2D eigenvalue weighted by Gasteiger charge is -2.17. The molecule has 1 amide bonds. The molecule has 0 N–H and O–H groups in total. The van der Waals surface area contributed by atoms with Crippen LogP contribution in [0.15, 0.2) is 65.6 Å². The fraction of sp³-hybridized carbons (Fsp3) is 0.316. The van der Waals surface area contributed by atoms with Gasteiger partial charge in [-0.05, 0) is 24.1 Å². The molecule has 1 unspecified atom stereocenters. The van der Waals surface area contributed by atoms with E-state index in [9.17, 15) is 13.2 Å². The van der Waals surface area contributed by atoms with Gasteiger partial charge in [0, 0.05) is 25.4 Å². The zero-order valence-corrected chi connectivity index (χ0v) is 14.3. The van der Waals surface area contributed by atoms with Crippen molar-refractivity contribution in [1.82, 2.24) is 4.90 Å². The van der Waals surface area contributed by atoms with Crippen molar-refractivity contribution < 1.29 is 13.2 Å². The molecule has 0 bridgehead atoms. The molecule has 3 rings (SSSR count). The second-order valence-corrected chi connectivity index (χ2v) is 8.23. The summed E-state index contributed by atoms with van der Waals surface area (Å²) in [6, 6.07) is 18.5. The highest BCUT2D eigenvalue weighted by Crippen LogP contribution is 2.27. The van der Waals surface area contributed by atoms with Crippen LogP contribution in [0.4, 0.5) is 0 Å². The Morgan fingerprint density at radius 1 is 1.00 bits per heavy atom. The van der Waals surface area contributed by atoms with Crippen LogP contribution in [0.25, 0.3) is 0 Å². The molecule has 0 saturated carbocycles. The third-order valence-electron chi connectivity index (χ3n) is 4.50. The molecule has 1 aliphatic rings. The standard InChI is InChI=1S/C19H21NO3S/c21-19(12-14-24(22,23)18-9-5-2-6-10-18)20-13-11-17(15-20)16-7-3-1-4-8-16/h1-10,17H,11-15H2. The third kappa shape index (κ3) is 3.85. The number of hydrogen-bond donors (Lipinski definition) is 0. The molecule has 1 fully saturated rings. The van der Waals surface area contributed by atoms with E-state index >= 15 is 0 Å². The molecule has 0 radical (unpaired) electrons. The van der Waals surface area contributed by atoms with Gasteiger partial charge in [-0.1, -0.05) is 48.5 Å². The Morgan fingerprint density at radius 2 is 1.62 bits per heavy atom. The summed E-state index contributed by atoms with van der Waals surface area (Å²) in [5.74, 6) is 0.135. The fourth-order valence-electron chi connectivity index (χ4n) is 3.11. The van der Waals surface area contributed by atoms with Gasteiger partial charge in [-0.25, -0.2) is 8.42 Å². The van der Waals surface area contributed by atoms with Crippen LogP contribution in [0.3, 0.4) is 0 Å². The van der Waals surface area contributed by atoms with Crippen molar-refractivity contribution in [2.24, 2.45) is 0 Å². The minimum Gasteiger partial charge on any atom is -0.342 e. The lowest BCUT2D eigenvalue weighted by atomic mass is 9.99. The van der Waals surface area contributed by atoms with Crippen LogP contribution in [0.1, 0.15) is 24.3 Å². The molecule has 0 aromatic heterocycles. The molecule has 0 aliphatic carbocycles. The van der Waals surface area contributed by atoms with E-state index in [1.165, 1.54) is 5.56 Å². The second kappa shape index (κ2) is 7.18. The predicted molar refractivity (Wildman–Crippen MR) is 93.5 cm³/mol. The van der Waals surface area contributed by atoms with Gasteiger partial charge < -0.3 is 4.90 Å². The van der Waals surface area contributed by atoms with E-state index in [0.717, 1.165) is 6.42 Å². The van der Waals surface area contributed by atoms with Gasteiger partial charge in [-0.15, -0.1) is 0 Å². The number of carbonyl (C=O) groups excluding carboxylic acids is 1. The Bertz CT molecular complexity index is 788. The minimum absolute atomic E-state index is 0.0404. The van der Waals surface area contributed by atoms with Crippen molar-refractivity contribution in [3.8, 4) is 0 Å². The summed E-state index contributed by atoms with van der Waals surface area (Å²) in [5, 5.41) is 0. The molecule has 1 atom stereocenters. The van der Waals surface area contributed by atoms with Crippen molar-refractivity contribution in [2.75, 3.05) is 18.8 Å². The summed E-state index contributed by atoms with van der Waals surface area (Å²) in [6.45, 7) is 1.37. The largest absolute Gasteiger partial charge is 0.342 e. The Hall–Kier alpha value is -2.14. The molecule has 2 aromatic carbocycles. The van der Waals surface area contributed by atoms with Gasteiger partial charge in [0.2, 0.25) is 5.91 Å². The number of amides is 1. The van der Waals surface area contributed by atoms with E-state index in [-0.39, 0.29) is 23.0 Å². The van der Waals surface area contributed by atoms with Gasteiger partial charge in [0.25, 0.3) is 0 Å². The SMILES string of the molecule is O=C(CCS(=O)(=O)c1ccccc1)N1CCC(c2ccccc2)C1. The van der Waals surface area contributed by atoms with Gasteiger partial charge in [0.1, 0.15) is 0 Å². The molecular formula is C19H21NO3S. The highest BCUT2D eigenvalue weighted by molar-refractivity contribution is 7.91. The van der Waals surface area contributed by atoms with Crippen LogP contribution in [0.5, 0.6) is 0 Å². The molecule has 24 heavy (non-hydrogen) atoms. The molecule has 126 valence electrons. The monoisotopic (exact) mass is 343 g/mol. The molecule has 5 heteroatoms. The predicted octanol–water partition coefficient (Wildman–Crippen LogP) is 2.87. The Kier molecular flexibility index (Phi) is 5.00. The Morgan fingerprint density at radius 3 is 2.29 bits per heavy atom. The van der Waals surface area contributed by atoms with Gasteiger partial charge in [0.15, 0.2) is 9.84 Å². The number of likely N-dealkylation sites (tertiary alicyclic amines) is 1. The first-order chi connectivity index (χ1) is 11.6. The van der Waals surface area contributed by atoms with Crippen LogP contribution < -0.4 is 0 Å². The normalized spacial score (nSPS) is 17.8. The summed E-state index contributed by atoms with van der Waals surface area (Å²) < 4.78 is 24.5. The third-order valence-corrected chi connectivity index (χ3v) is 6.23. The summed E-state index contributed by atoms with van der Waals surface area (Å²) in [4.78, 5) is 14.4. The number of nitrogens with zero attached hydrogens (tertiary/aromatic N) is 1. The van der Waals surface area contributed by atoms with E-state index in [1.54, 1.807) is 35.2 Å². The second-order valence-electron chi connectivity index (χ2n) is 6.12. The summed E-state index contributed by atoms with van der Waals surface area (Å²) in [7, 11) is -3.40. The van der Waals surface area contributed by atoms with Crippen molar-refractivity contribution in [3.05, 3.63) is 66.2 Å².